The van der Waals surface area contributed by atoms with E-state index in [2.05, 4.69) is 32.0 Å². The van der Waals surface area contributed by atoms with Crippen molar-refractivity contribution in [2.45, 2.75) is 39.8 Å². The molecule has 1 saturated heterocycles. The number of para-hydroxylation sites is 1. The largest absolute Gasteiger partial charge is 0.375 e. The lowest BCUT2D eigenvalue weighted by Gasteiger charge is -2.37. The van der Waals surface area contributed by atoms with Crippen LogP contribution in [-0.4, -0.2) is 41.1 Å². The van der Waals surface area contributed by atoms with Crippen molar-refractivity contribution in [3.05, 3.63) is 65.2 Å². The lowest BCUT2D eigenvalue weighted by molar-refractivity contribution is -0.0386. The summed E-state index contributed by atoms with van der Waals surface area (Å²) >= 11 is 0. The van der Waals surface area contributed by atoms with Crippen LogP contribution in [0.3, 0.4) is 0 Å². The zero-order chi connectivity index (χ0) is 19.8. The molecular formula is C24H26N2O2. The molecule has 2 aromatic carbocycles. The highest BCUT2D eigenvalue weighted by atomic mass is 16.5. The number of amides is 1. The molecule has 4 nitrogen and oxygen atoms in total. The number of benzene rings is 2. The Labute approximate surface area is 166 Å². The molecule has 4 rings (SSSR count). The topological polar surface area (TPSA) is 42.4 Å². The number of nitrogens with zero attached hydrogens (tertiary/aromatic N) is 2. The van der Waals surface area contributed by atoms with Crippen LogP contribution in [0.15, 0.2) is 48.5 Å². The molecule has 2 atom stereocenters. The van der Waals surface area contributed by atoms with Crippen molar-refractivity contribution in [2.24, 2.45) is 0 Å². The molecule has 2 unspecified atom stereocenters. The molecule has 0 saturated carbocycles. The van der Waals surface area contributed by atoms with Gasteiger partial charge in [-0.25, -0.2) is 4.98 Å². The highest BCUT2D eigenvalue weighted by molar-refractivity contribution is 6.07. The van der Waals surface area contributed by atoms with Crippen LogP contribution in [-0.2, 0) is 4.74 Å². The SMILES string of the molecule is Cc1ccc(-c2cc(C(=O)N3CC(C)OCC3C)c3ccccc3n2)c(C)c1. The molecule has 0 bridgehead atoms. The Morgan fingerprint density at radius 1 is 1.11 bits per heavy atom. The van der Waals surface area contributed by atoms with E-state index in [1.165, 1.54) is 5.56 Å². The minimum atomic E-state index is 0.0482. The number of fused-ring (bicyclic) bond motifs is 1. The molecule has 0 N–H and O–H groups in total. The Bertz CT molecular complexity index is 1040. The number of ether oxygens (including phenoxy) is 1. The maximum Gasteiger partial charge on any atom is 0.255 e. The van der Waals surface area contributed by atoms with Gasteiger partial charge in [0.15, 0.2) is 0 Å². The molecule has 1 amide bonds. The van der Waals surface area contributed by atoms with Gasteiger partial charge in [-0.2, -0.15) is 0 Å². The summed E-state index contributed by atoms with van der Waals surface area (Å²) in [5.41, 5.74) is 5.84. The van der Waals surface area contributed by atoms with Crippen LogP contribution < -0.4 is 0 Å². The molecule has 28 heavy (non-hydrogen) atoms. The fraction of sp³-hybridized carbons (Fsp3) is 0.333. The van der Waals surface area contributed by atoms with Crippen LogP contribution in [0.2, 0.25) is 0 Å². The minimum absolute atomic E-state index is 0.0482. The number of aryl methyl sites for hydroxylation is 2. The average Bonchev–Trinajstić information content (AvgIpc) is 2.68. The number of carbonyl (C=O) groups excluding carboxylic acids is 1. The Balaban J connectivity index is 1.86. The van der Waals surface area contributed by atoms with E-state index in [1.54, 1.807) is 0 Å². The van der Waals surface area contributed by atoms with E-state index in [4.69, 9.17) is 9.72 Å². The first-order chi connectivity index (χ1) is 13.4. The third-order valence-corrected chi connectivity index (χ3v) is 5.47. The van der Waals surface area contributed by atoms with Crippen LogP contribution in [0.25, 0.3) is 22.2 Å². The van der Waals surface area contributed by atoms with E-state index in [0.29, 0.717) is 18.7 Å². The summed E-state index contributed by atoms with van der Waals surface area (Å²) in [7, 11) is 0. The first kappa shape index (κ1) is 18.6. The maximum atomic E-state index is 13.5. The molecule has 1 aliphatic rings. The molecule has 2 heterocycles. The normalized spacial score (nSPS) is 19.8. The Kier molecular flexibility index (Phi) is 4.90. The standard InChI is InChI=1S/C24H26N2O2/c1-15-9-10-19(16(2)11-15)23-12-21(20-7-5-6-8-22(20)25-23)24(27)26-13-18(4)28-14-17(26)3/h5-12,17-18H,13-14H2,1-4H3. The molecule has 144 valence electrons. The summed E-state index contributed by atoms with van der Waals surface area (Å²) in [6.45, 7) is 9.40. The van der Waals surface area contributed by atoms with E-state index in [0.717, 1.165) is 27.7 Å². The number of aromatic nitrogens is 1. The van der Waals surface area contributed by atoms with E-state index in [-0.39, 0.29) is 18.1 Å². The quantitative estimate of drug-likeness (QED) is 0.649. The summed E-state index contributed by atoms with van der Waals surface area (Å²) in [5.74, 6) is 0.0484. The average molecular weight is 374 g/mol. The van der Waals surface area contributed by atoms with Crippen LogP contribution in [0.4, 0.5) is 0 Å². The predicted molar refractivity (Wildman–Crippen MR) is 113 cm³/mol. The third-order valence-electron chi connectivity index (χ3n) is 5.47. The zero-order valence-electron chi connectivity index (χ0n) is 16.9. The lowest BCUT2D eigenvalue weighted by atomic mass is 9.98. The number of hydrogen-bond donors (Lipinski definition) is 0. The van der Waals surface area contributed by atoms with Gasteiger partial charge in [-0.3, -0.25) is 4.79 Å². The number of rotatable bonds is 2. The summed E-state index contributed by atoms with van der Waals surface area (Å²) in [6.07, 6.45) is 0.0482. The van der Waals surface area contributed by atoms with Crippen LogP contribution in [0, 0.1) is 13.8 Å². The monoisotopic (exact) mass is 374 g/mol. The van der Waals surface area contributed by atoms with Gasteiger partial charge in [-0.05, 0) is 45.4 Å². The highest BCUT2D eigenvalue weighted by Crippen LogP contribution is 2.29. The van der Waals surface area contributed by atoms with E-state index in [9.17, 15) is 4.79 Å². The first-order valence-electron chi connectivity index (χ1n) is 9.84. The van der Waals surface area contributed by atoms with E-state index < -0.39 is 0 Å². The minimum Gasteiger partial charge on any atom is -0.375 e. The second-order valence-electron chi connectivity index (χ2n) is 7.84. The third kappa shape index (κ3) is 3.40. The molecule has 1 aliphatic heterocycles. The molecule has 0 aliphatic carbocycles. The number of morpholine rings is 1. The van der Waals surface area contributed by atoms with Gasteiger partial charge in [-0.1, -0.05) is 42.0 Å². The van der Waals surface area contributed by atoms with Crippen molar-refractivity contribution in [1.82, 2.24) is 9.88 Å². The molecule has 1 aromatic heterocycles. The van der Waals surface area contributed by atoms with E-state index >= 15 is 0 Å². The van der Waals surface area contributed by atoms with Gasteiger partial charge in [-0.15, -0.1) is 0 Å². The van der Waals surface area contributed by atoms with Crippen molar-refractivity contribution in [2.75, 3.05) is 13.2 Å². The Morgan fingerprint density at radius 2 is 1.89 bits per heavy atom. The molecule has 0 radical (unpaired) electrons. The molecule has 0 spiro atoms. The van der Waals surface area contributed by atoms with Gasteiger partial charge in [0.25, 0.3) is 5.91 Å². The fourth-order valence-electron chi connectivity index (χ4n) is 3.93. The summed E-state index contributed by atoms with van der Waals surface area (Å²) in [5, 5.41) is 0.896. The van der Waals surface area contributed by atoms with Crippen molar-refractivity contribution >= 4 is 16.8 Å². The van der Waals surface area contributed by atoms with Crippen molar-refractivity contribution in [1.29, 1.82) is 0 Å². The lowest BCUT2D eigenvalue weighted by Crippen LogP contribution is -2.50. The van der Waals surface area contributed by atoms with Crippen LogP contribution >= 0.6 is 0 Å². The smallest absolute Gasteiger partial charge is 0.255 e. The van der Waals surface area contributed by atoms with E-state index in [1.807, 2.05) is 49.1 Å². The first-order valence-corrected chi connectivity index (χ1v) is 9.84. The fourth-order valence-corrected chi connectivity index (χ4v) is 3.93. The van der Waals surface area contributed by atoms with Crippen molar-refractivity contribution in [3.8, 4) is 11.3 Å². The number of pyridine rings is 1. The van der Waals surface area contributed by atoms with Gasteiger partial charge < -0.3 is 9.64 Å². The Morgan fingerprint density at radius 3 is 2.68 bits per heavy atom. The second kappa shape index (κ2) is 7.36. The molecular weight excluding hydrogens is 348 g/mol. The van der Waals surface area contributed by atoms with Gasteiger partial charge in [0.2, 0.25) is 0 Å². The molecule has 3 aromatic rings. The molecule has 4 heteroatoms. The van der Waals surface area contributed by atoms with Gasteiger partial charge in [0, 0.05) is 17.5 Å². The number of hydrogen-bond acceptors (Lipinski definition) is 3. The van der Waals surface area contributed by atoms with Gasteiger partial charge in [0.1, 0.15) is 0 Å². The van der Waals surface area contributed by atoms with Crippen LogP contribution in [0.1, 0.15) is 35.3 Å². The van der Waals surface area contributed by atoms with Gasteiger partial charge >= 0.3 is 0 Å². The van der Waals surface area contributed by atoms with Crippen LogP contribution in [0.5, 0.6) is 0 Å². The second-order valence-corrected chi connectivity index (χ2v) is 7.84. The maximum absolute atomic E-state index is 13.5. The predicted octanol–water partition coefficient (Wildman–Crippen LogP) is 4.77. The number of carbonyl (C=O) groups is 1. The summed E-state index contributed by atoms with van der Waals surface area (Å²) < 4.78 is 5.71. The molecule has 1 fully saturated rings. The van der Waals surface area contributed by atoms with Crippen molar-refractivity contribution in [3.63, 3.8) is 0 Å². The highest BCUT2D eigenvalue weighted by Gasteiger charge is 2.29. The summed E-state index contributed by atoms with van der Waals surface area (Å²) in [6, 6.07) is 16.2. The van der Waals surface area contributed by atoms with Gasteiger partial charge in [0.05, 0.1) is 35.5 Å². The zero-order valence-corrected chi connectivity index (χ0v) is 16.9. The Hall–Kier alpha value is -2.72. The van der Waals surface area contributed by atoms with Crippen molar-refractivity contribution < 1.29 is 9.53 Å². The summed E-state index contributed by atoms with van der Waals surface area (Å²) in [4.78, 5) is 20.3.